The molecule has 188 valence electrons. The van der Waals surface area contributed by atoms with Crippen molar-refractivity contribution < 1.29 is 0 Å². The normalized spacial score (nSPS) is 17.7. The zero-order valence-electron chi connectivity index (χ0n) is 13.0. The Morgan fingerprint density at radius 2 is 0.548 bits per heavy atom. The van der Waals surface area contributed by atoms with Crippen molar-refractivity contribution in [3.05, 3.63) is 0 Å². The summed E-state index contributed by atoms with van der Waals surface area (Å²) in [6, 6.07) is 0. The quantitative estimate of drug-likeness (QED) is 0.223. The summed E-state index contributed by atoms with van der Waals surface area (Å²) in [6.45, 7) is 0. The Morgan fingerprint density at radius 1 is 0.323 bits per heavy atom. The smallest absolute Gasteiger partial charge is 0.0831 e. The van der Waals surface area contributed by atoms with Crippen LogP contribution in [0.2, 0.25) is 0 Å². The van der Waals surface area contributed by atoms with Crippen molar-refractivity contribution in [3.8, 4) is 0 Å². The zero-order chi connectivity index (χ0) is 26.1. The highest BCUT2D eigenvalue weighted by Gasteiger charge is 2.78. The number of alkyl halides is 21. The average Bonchev–Trinajstić information content (AvgIpc) is 2.50. The SMILES string of the molecule is BrC(C(Br)(Br)Br)C(Br)(Br)C(Br)(Br)C(Br)(Br)C(Br)(Br)C(Br)(Br)C(Br)(Br)C(Br)(Br)C(Br)(Br)Br. The van der Waals surface area contributed by atoms with Gasteiger partial charge in [-0.3, -0.25) is 0 Å². The van der Waals surface area contributed by atoms with Crippen molar-refractivity contribution in [2.45, 2.75) is 31.7 Å². The fourth-order valence-corrected chi connectivity index (χ4v) is 20.9. The second kappa shape index (κ2) is 13.6. The molecule has 0 spiro atoms. The molecule has 1 atom stereocenters. The van der Waals surface area contributed by atoms with Crippen molar-refractivity contribution in [1.82, 2.24) is 0 Å². The Hall–Kier alpha value is 10.1. The molecule has 1 unspecified atom stereocenters. The molecule has 0 amide bonds. The van der Waals surface area contributed by atoms with E-state index in [1.807, 2.05) is 0 Å². The van der Waals surface area contributed by atoms with Gasteiger partial charge in [-0.1, -0.05) is 335 Å². The van der Waals surface area contributed by atoms with Crippen molar-refractivity contribution in [2.75, 3.05) is 0 Å². The Bertz CT molecular complexity index is 646. The fourth-order valence-electron chi connectivity index (χ4n) is 1.54. The lowest BCUT2D eigenvalue weighted by Crippen LogP contribution is -2.69. The molecule has 0 saturated carbocycles. The topological polar surface area (TPSA) is 0 Å². The summed E-state index contributed by atoms with van der Waals surface area (Å²) in [5, 5.41) is 0. The summed E-state index contributed by atoms with van der Waals surface area (Å²) in [5.41, 5.74) is 0. The van der Waals surface area contributed by atoms with E-state index in [9.17, 15) is 0 Å². The number of halogens is 21. The molecule has 0 radical (unpaired) electrons. The lowest BCUT2D eigenvalue weighted by atomic mass is 10.1. The van der Waals surface area contributed by atoms with Crippen molar-refractivity contribution in [3.63, 3.8) is 0 Å². The highest BCUT2D eigenvalue weighted by Crippen LogP contribution is 2.78. The Morgan fingerprint density at radius 3 is 0.774 bits per heavy atom. The predicted octanol–water partition coefficient (Wildman–Crippen LogP) is 15.8. The van der Waals surface area contributed by atoms with Gasteiger partial charge in [-0.2, -0.15) is 0 Å². The summed E-state index contributed by atoms with van der Waals surface area (Å²) in [6.07, 6.45) is 0. The first kappa shape index (κ1) is 41.1. The molecular weight excluding hydrogens is 1800 g/mol. The lowest BCUT2D eigenvalue weighted by Gasteiger charge is -2.58. The van der Waals surface area contributed by atoms with E-state index in [1.54, 1.807) is 0 Å². The minimum Gasteiger partial charge on any atom is -0.0831 e. The van der Waals surface area contributed by atoms with Gasteiger partial charge in [0.05, 0.1) is 4.83 Å². The minimum absolute atomic E-state index is 0.291. The van der Waals surface area contributed by atoms with Crippen LogP contribution in [0, 0.1) is 0 Å². The maximum Gasteiger partial charge on any atom is 0.162 e. The number of hydrogen-bond donors (Lipinski definition) is 0. The van der Waals surface area contributed by atoms with E-state index < -0.39 is 26.9 Å². The Balaban J connectivity index is 6.84. The summed E-state index contributed by atoms with van der Waals surface area (Å²) >= 11 is 78.9. The molecule has 0 heterocycles. The molecule has 0 fully saturated rings. The number of hydrogen-bond acceptors (Lipinski definition) is 0. The zero-order valence-corrected chi connectivity index (χ0v) is 46.3. The van der Waals surface area contributed by atoms with Crippen LogP contribution in [0.25, 0.3) is 0 Å². The third-order valence-electron chi connectivity index (χ3n) is 3.35. The van der Waals surface area contributed by atoms with Crippen LogP contribution in [0.15, 0.2) is 0 Å². The van der Waals surface area contributed by atoms with Crippen LogP contribution in [0.4, 0.5) is 0 Å². The van der Waals surface area contributed by atoms with E-state index in [-0.39, 0.29) is 4.83 Å². The van der Waals surface area contributed by atoms with Crippen molar-refractivity contribution in [1.29, 1.82) is 0 Å². The van der Waals surface area contributed by atoms with Crippen LogP contribution in [-0.2, 0) is 0 Å². The van der Waals surface area contributed by atoms with Gasteiger partial charge in [0.1, 0.15) is 24.8 Å². The van der Waals surface area contributed by atoms with Gasteiger partial charge in [-0.25, -0.2) is 0 Å². The van der Waals surface area contributed by atoms with Crippen LogP contribution in [-0.4, -0.2) is 31.7 Å². The molecule has 31 heavy (non-hydrogen) atoms. The molecule has 0 aromatic carbocycles. The predicted molar refractivity (Wildman–Crippen MR) is 216 cm³/mol. The summed E-state index contributed by atoms with van der Waals surface area (Å²) in [7, 11) is 0. The maximum atomic E-state index is 3.88. The van der Waals surface area contributed by atoms with Gasteiger partial charge >= 0.3 is 0 Å². The van der Waals surface area contributed by atoms with Crippen molar-refractivity contribution in [2.24, 2.45) is 0 Å². The molecule has 0 saturated heterocycles. The summed E-state index contributed by atoms with van der Waals surface area (Å²) in [4.78, 5) is -0.291. The molecule has 0 nitrogen and oxygen atoms in total. The highest BCUT2D eigenvalue weighted by atomic mass is 80.0. The van der Waals surface area contributed by atoms with E-state index in [0.717, 1.165) is 0 Å². The Kier molecular flexibility index (Phi) is 18.0. The molecular formula is C10HBr21. The molecule has 0 aromatic rings. The van der Waals surface area contributed by atoms with Crippen LogP contribution >= 0.6 is 335 Å². The first-order valence-electron chi connectivity index (χ1n) is 6.33. The molecule has 0 rings (SSSR count). The van der Waals surface area contributed by atoms with E-state index in [1.165, 1.54) is 0 Å². The second-order valence-corrected chi connectivity index (χ2v) is 44.3. The number of rotatable bonds is 7. The first-order chi connectivity index (χ1) is 12.9. The van der Waals surface area contributed by atoms with Crippen LogP contribution in [0.1, 0.15) is 0 Å². The summed E-state index contributed by atoms with van der Waals surface area (Å²) in [5.74, 6) is 0. The highest BCUT2D eigenvalue weighted by molar-refractivity contribution is 9.42. The molecule has 0 aromatic heterocycles. The van der Waals surface area contributed by atoms with Crippen molar-refractivity contribution >= 4 is 335 Å². The van der Waals surface area contributed by atoms with Gasteiger partial charge in [0.25, 0.3) is 0 Å². The molecule has 0 N–H and O–H groups in total. The molecule has 0 aliphatic heterocycles. The van der Waals surface area contributed by atoms with Crippen LogP contribution in [0.3, 0.4) is 0 Å². The van der Waals surface area contributed by atoms with Gasteiger partial charge < -0.3 is 0 Å². The van der Waals surface area contributed by atoms with E-state index in [0.29, 0.717) is 0 Å². The van der Waals surface area contributed by atoms with E-state index in [4.69, 9.17) is 0 Å². The maximum absolute atomic E-state index is 3.88. The standard InChI is InChI=1S/C10HBr21/c11-1(3(14,15)16)2(12,13)4(17,18)5(19,20)6(21,22)7(23,24)8(25,26)9(27,28)10(29,30)31/h1H. The molecule has 0 aliphatic rings. The van der Waals surface area contributed by atoms with Crippen LogP contribution in [0.5, 0.6) is 0 Å². The first-order valence-corrected chi connectivity index (χ1v) is 23.1. The Labute approximate surface area is 357 Å². The summed E-state index contributed by atoms with van der Waals surface area (Å²) < 4.78 is -8.27. The fraction of sp³-hybridized carbons (Fsp3) is 1.00. The molecule has 0 bridgehead atoms. The third kappa shape index (κ3) is 8.03. The largest absolute Gasteiger partial charge is 0.162 e. The van der Waals surface area contributed by atoms with Crippen LogP contribution < -0.4 is 0 Å². The minimum atomic E-state index is -1.04. The monoisotopic (exact) mass is 1780 g/mol. The van der Waals surface area contributed by atoms with Gasteiger partial charge in [0, 0.05) is 0 Å². The van der Waals surface area contributed by atoms with E-state index in [2.05, 4.69) is 335 Å². The van der Waals surface area contributed by atoms with Gasteiger partial charge in [0.2, 0.25) is 0 Å². The molecule has 0 aliphatic carbocycles. The second-order valence-electron chi connectivity index (χ2n) is 5.47. The van der Waals surface area contributed by atoms with Gasteiger partial charge in [-0.15, -0.1) is 0 Å². The average molecular weight is 1800 g/mol. The van der Waals surface area contributed by atoms with Gasteiger partial charge in [-0.05, 0) is 0 Å². The van der Waals surface area contributed by atoms with E-state index >= 15 is 0 Å². The van der Waals surface area contributed by atoms with Gasteiger partial charge in [0.15, 0.2) is 2.14 Å². The lowest BCUT2D eigenvalue weighted by molar-refractivity contribution is 0.576. The third-order valence-corrected chi connectivity index (χ3v) is 43.4. The molecule has 21 heteroatoms.